The first kappa shape index (κ1) is 21.6. The number of thioether (sulfide) groups is 1. The van der Waals surface area contributed by atoms with Crippen LogP contribution in [0.15, 0.2) is 64.7 Å². The van der Waals surface area contributed by atoms with Crippen LogP contribution in [-0.2, 0) is 18.6 Å². The van der Waals surface area contributed by atoms with Gasteiger partial charge in [0.05, 0.1) is 28.7 Å². The van der Waals surface area contributed by atoms with Gasteiger partial charge in [0.1, 0.15) is 10.7 Å². The first-order chi connectivity index (χ1) is 16.6. The maximum Gasteiger partial charge on any atom is 0.259 e. The Bertz CT molecular complexity index is 1580. The molecule has 2 aromatic carbocycles. The summed E-state index contributed by atoms with van der Waals surface area (Å²) in [5, 5.41) is 2.33. The molecule has 0 saturated heterocycles. The van der Waals surface area contributed by atoms with Crippen molar-refractivity contribution in [3.05, 3.63) is 91.9 Å². The molecule has 0 atom stereocenters. The van der Waals surface area contributed by atoms with Crippen LogP contribution >= 0.6 is 34.7 Å². The summed E-state index contributed by atoms with van der Waals surface area (Å²) in [4.78, 5) is 27.6. The van der Waals surface area contributed by atoms with E-state index in [-0.39, 0.29) is 5.56 Å². The average Bonchev–Trinajstić information content (AvgIpc) is 3.53. The van der Waals surface area contributed by atoms with Crippen LogP contribution in [0.3, 0.4) is 0 Å². The molecule has 0 amide bonds. The SMILES string of the molecule is Cc1ccccc1-n1c(-c2ccc(Cl)cc2)cnc1SCc1nc2sc3c(c2c(=O)[nH]1)CCC3. The number of aryl methyl sites for hydroxylation is 3. The molecule has 170 valence electrons. The monoisotopic (exact) mass is 504 g/mol. The molecule has 0 bridgehead atoms. The maximum absolute atomic E-state index is 12.9. The molecule has 3 heterocycles. The molecular formula is C26H21ClN4OS2. The Labute approximate surface area is 209 Å². The zero-order valence-corrected chi connectivity index (χ0v) is 20.9. The molecule has 6 rings (SSSR count). The first-order valence-electron chi connectivity index (χ1n) is 11.1. The van der Waals surface area contributed by atoms with Gasteiger partial charge in [-0.05, 0) is 55.5 Å². The van der Waals surface area contributed by atoms with E-state index < -0.39 is 0 Å². The fourth-order valence-electron chi connectivity index (χ4n) is 4.56. The Balaban J connectivity index is 1.38. The van der Waals surface area contributed by atoms with E-state index in [4.69, 9.17) is 21.6 Å². The minimum absolute atomic E-state index is 0.0240. The molecule has 0 fully saturated rings. The quantitative estimate of drug-likeness (QED) is 0.274. The van der Waals surface area contributed by atoms with E-state index in [0.29, 0.717) is 16.6 Å². The largest absolute Gasteiger partial charge is 0.309 e. The van der Waals surface area contributed by atoms with Crippen LogP contribution in [0.25, 0.3) is 27.2 Å². The third-order valence-corrected chi connectivity index (χ3v) is 8.59. The van der Waals surface area contributed by atoms with Gasteiger partial charge in [-0.25, -0.2) is 9.97 Å². The van der Waals surface area contributed by atoms with Crippen molar-refractivity contribution >= 4 is 44.9 Å². The fraction of sp³-hybridized carbons (Fsp3) is 0.192. The van der Waals surface area contributed by atoms with Crippen molar-refractivity contribution in [2.45, 2.75) is 37.1 Å². The Morgan fingerprint density at radius 1 is 1.15 bits per heavy atom. The van der Waals surface area contributed by atoms with Crippen molar-refractivity contribution in [1.29, 1.82) is 0 Å². The minimum atomic E-state index is -0.0240. The minimum Gasteiger partial charge on any atom is -0.309 e. The van der Waals surface area contributed by atoms with Gasteiger partial charge >= 0.3 is 0 Å². The topological polar surface area (TPSA) is 63.6 Å². The first-order valence-corrected chi connectivity index (χ1v) is 13.3. The lowest BCUT2D eigenvalue weighted by Crippen LogP contribution is -2.11. The highest BCUT2D eigenvalue weighted by molar-refractivity contribution is 7.98. The lowest BCUT2D eigenvalue weighted by molar-refractivity contribution is 0.890. The predicted octanol–water partition coefficient (Wildman–Crippen LogP) is 6.58. The van der Waals surface area contributed by atoms with Gasteiger partial charge in [-0.15, -0.1) is 11.3 Å². The van der Waals surface area contributed by atoms with Gasteiger partial charge in [0.25, 0.3) is 5.56 Å². The van der Waals surface area contributed by atoms with Gasteiger partial charge in [0.15, 0.2) is 5.16 Å². The van der Waals surface area contributed by atoms with E-state index in [1.807, 2.05) is 42.6 Å². The number of halogens is 1. The molecule has 0 spiro atoms. The summed E-state index contributed by atoms with van der Waals surface area (Å²) in [6, 6.07) is 16.1. The Morgan fingerprint density at radius 3 is 2.79 bits per heavy atom. The number of imidazole rings is 1. The highest BCUT2D eigenvalue weighted by Crippen LogP contribution is 2.36. The van der Waals surface area contributed by atoms with Crippen LogP contribution in [0.2, 0.25) is 5.02 Å². The summed E-state index contributed by atoms with van der Waals surface area (Å²) in [6.45, 7) is 2.10. The third kappa shape index (κ3) is 3.78. The number of para-hydroxylation sites is 1. The van der Waals surface area contributed by atoms with Crippen molar-refractivity contribution in [1.82, 2.24) is 19.5 Å². The number of nitrogens with one attached hydrogen (secondary N) is 1. The summed E-state index contributed by atoms with van der Waals surface area (Å²) in [6.07, 6.45) is 5.06. The van der Waals surface area contributed by atoms with E-state index in [2.05, 4.69) is 28.6 Å². The second-order valence-electron chi connectivity index (χ2n) is 8.39. The smallest absolute Gasteiger partial charge is 0.259 e. The fourth-order valence-corrected chi connectivity index (χ4v) is 6.82. The van der Waals surface area contributed by atoms with Gasteiger partial charge < -0.3 is 4.98 Å². The molecule has 1 N–H and O–H groups in total. The molecule has 1 aliphatic rings. The number of thiophene rings is 1. The van der Waals surface area contributed by atoms with E-state index in [9.17, 15) is 4.79 Å². The van der Waals surface area contributed by atoms with E-state index >= 15 is 0 Å². The van der Waals surface area contributed by atoms with Crippen LogP contribution in [0, 0.1) is 6.92 Å². The Hall–Kier alpha value is -2.87. The van der Waals surface area contributed by atoms with Gasteiger partial charge in [0, 0.05) is 15.5 Å². The lowest BCUT2D eigenvalue weighted by Gasteiger charge is -2.14. The number of aromatic nitrogens is 4. The molecule has 5 aromatic rings. The summed E-state index contributed by atoms with van der Waals surface area (Å²) in [5.74, 6) is 1.20. The lowest BCUT2D eigenvalue weighted by atomic mass is 10.1. The molecule has 0 unspecified atom stereocenters. The van der Waals surface area contributed by atoms with Crippen molar-refractivity contribution in [3.8, 4) is 16.9 Å². The van der Waals surface area contributed by atoms with E-state index in [1.165, 1.54) is 10.4 Å². The van der Waals surface area contributed by atoms with Crippen LogP contribution < -0.4 is 5.56 Å². The zero-order valence-electron chi connectivity index (χ0n) is 18.5. The van der Waals surface area contributed by atoms with Crippen molar-refractivity contribution < 1.29 is 0 Å². The zero-order chi connectivity index (χ0) is 23.2. The number of benzene rings is 2. The van der Waals surface area contributed by atoms with Crippen molar-refractivity contribution in [3.63, 3.8) is 0 Å². The molecule has 0 radical (unpaired) electrons. The number of hydrogen-bond donors (Lipinski definition) is 1. The second kappa shape index (κ2) is 8.73. The van der Waals surface area contributed by atoms with Gasteiger partial charge in [-0.3, -0.25) is 9.36 Å². The highest BCUT2D eigenvalue weighted by atomic mass is 35.5. The van der Waals surface area contributed by atoms with Gasteiger partial charge in [-0.1, -0.05) is 53.7 Å². The van der Waals surface area contributed by atoms with Crippen molar-refractivity contribution in [2.75, 3.05) is 0 Å². The van der Waals surface area contributed by atoms with Crippen molar-refractivity contribution in [2.24, 2.45) is 0 Å². The number of aromatic amines is 1. The number of H-pyrrole nitrogens is 1. The molecule has 8 heteroatoms. The molecule has 0 saturated carbocycles. The van der Waals surface area contributed by atoms with E-state index in [1.54, 1.807) is 23.1 Å². The molecule has 0 aliphatic heterocycles. The highest BCUT2D eigenvalue weighted by Gasteiger charge is 2.22. The number of hydrogen-bond acceptors (Lipinski definition) is 5. The Morgan fingerprint density at radius 2 is 1.97 bits per heavy atom. The standard InChI is InChI=1S/C26H21ClN4OS2/c1-15-5-2-3-7-19(15)31-20(16-9-11-17(27)12-10-16)13-28-26(31)33-14-22-29-24(32)23-18-6-4-8-21(18)34-25(23)30-22/h2-3,5,7,9-13H,4,6,8,14H2,1H3,(H,29,30,32). The number of fused-ring (bicyclic) bond motifs is 3. The maximum atomic E-state index is 12.9. The van der Waals surface area contributed by atoms with E-state index in [0.717, 1.165) is 57.1 Å². The van der Waals surface area contributed by atoms with Gasteiger partial charge in [0.2, 0.25) is 0 Å². The molecular weight excluding hydrogens is 484 g/mol. The number of rotatable bonds is 5. The average molecular weight is 505 g/mol. The van der Waals surface area contributed by atoms with Crippen LogP contribution in [0.5, 0.6) is 0 Å². The predicted molar refractivity (Wildman–Crippen MR) is 141 cm³/mol. The van der Waals surface area contributed by atoms with Crippen LogP contribution in [-0.4, -0.2) is 19.5 Å². The van der Waals surface area contributed by atoms with Gasteiger partial charge in [-0.2, -0.15) is 0 Å². The van der Waals surface area contributed by atoms with Crippen LogP contribution in [0.4, 0.5) is 0 Å². The normalized spacial score (nSPS) is 13.0. The summed E-state index contributed by atoms with van der Waals surface area (Å²) >= 11 is 9.36. The summed E-state index contributed by atoms with van der Waals surface area (Å²) in [7, 11) is 0. The summed E-state index contributed by atoms with van der Waals surface area (Å²) in [5.41, 5.74) is 5.42. The second-order valence-corrected chi connectivity index (χ2v) is 10.9. The summed E-state index contributed by atoms with van der Waals surface area (Å²) < 4.78 is 2.17. The van der Waals surface area contributed by atoms with Crippen LogP contribution in [0.1, 0.15) is 28.2 Å². The number of nitrogens with zero attached hydrogens (tertiary/aromatic N) is 3. The Kier molecular flexibility index (Phi) is 5.56. The molecule has 3 aromatic heterocycles. The molecule has 1 aliphatic carbocycles. The molecule has 5 nitrogen and oxygen atoms in total. The third-order valence-electron chi connectivity index (χ3n) is 6.19. The molecule has 34 heavy (non-hydrogen) atoms.